The molecule has 0 bridgehead atoms. The normalized spacial score (nSPS) is 19.4. The number of carbonyl (C=O) groups excluding carboxylic acids is 2. The molecule has 81 heavy (non-hydrogen) atoms. The van der Waals surface area contributed by atoms with Crippen LogP contribution >= 0.6 is 0 Å². The lowest BCUT2D eigenvalue weighted by Gasteiger charge is -2.41. The summed E-state index contributed by atoms with van der Waals surface area (Å²) in [6.07, 6.45) is 66.9. The fourth-order valence-electron chi connectivity index (χ4n) is 9.44. The minimum absolute atomic E-state index is 0.0792. The number of allylic oxidation sites excluding steroid dienone is 17. The molecule has 1 fully saturated rings. The van der Waals surface area contributed by atoms with Gasteiger partial charge in [0.1, 0.15) is 24.4 Å². The number of aliphatic hydroxyl groups excluding tert-OH is 5. The molecule has 8 unspecified atom stereocenters. The van der Waals surface area contributed by atoms with Gasteiger partial charge in [0.15, 0.2) is 12.4 Å². The van der Waals surface area contributed by atoms with E-state index in [1.165, 1.54) is 89.9 Å². The van der Waals surface area contributed by atoms with Gasteiger partial charge in [-0.1, -0.05) is 246 Å². The van der Waals surface area contributed by atoms with E-state index < -0.39 is 67.4 Å². The lowest BCUT2D eigenvalue weighted by atomic mass is 9.99. The van der Waals surface area contributed by atoms with Gasteiger partial charge in [-0.15, -0.1) is 0 Å². The Morgan fingerprint density at radius 1 is 0.481 bits per heavy atom. The Kier molecular flexibility index (Phi) is 52.8. The molecular weight excluding hydrogens is 1010 g/mol. The molecule has 1 amide bonds. The van der Waals surface area contributed by atoms with Gasteiger partial charge in [-0.05, 0) is 116 Å². The third kappa shape index (κ3) is 44.5. The third-order valence-electron chi connectivity index (χ3n) is 14.6. The first-order chi connectivity index (χ1) is 39.7. The zero-order chi connectivity index (χ0) is 58.9. The molecule has 0 aliphatic carbocycles. The molecule has 6 N–H and O–H groups in total. The van der Waals surface area contributed by atoms with E-state index >= 15 is 0 Å². The predicted molar refractivity (Wildman–Crippen MR) is 338 cm³/mol. The highest BCUT2D eigenvalue weighted by molar-refractivity contribution is 5.80. The molecular formula is C70H119NO10. The van der Waals surface area contributed by atoms with Crippen LogP contribution in [-0.4, -0.2) is 99.6 Å². The van der Waals surface area contributed by atoms with Crippen LogP contribution in [0.2, 0.25) is 0 Å². The van der Waals surface area contributed by atoms with Gasteiger partial charge in [0, 0.05) is 6.42 Å². The lowest BCUT2D eigenvalue weighted by Crippen LogP contribution is -2.61. The molecule has 0 aromatic carbocycles. The topological polar surface area (TPSA) is 175 Å². The van der Waals surface area contributed by atoms with Crippen molar-refractivity contribution in [2.75, 3.05) is 13.2 Å². The number of aliphatic hydroxyl groups is 5. The standard InChI is InChI=1S/C70H119NO10/c1-4-7-10-13-16-19-22-24-26-28-30-31-32-34-35-37-39-42-45-48-51-54-57-63(74)69(78)71-61(62(73)56-53-50-47-44-41-21-18-15-12-9-6-3)60-79-70-68(67(77)66(76)64(59-72)80-70)81-65(75)58-55-52-49-46-43-40-38-36-33-29-27-25-23-20-17-14-11-8-5-2/h16-17,19-20,24-27,30-31,33-36,40,43,53,56,61-64,66-68,70,72-74,76-77H,4-15,18,21-23,28-29,32,37-39,41-42,44-52,54-55,57-60H2,1-3H3,(H,71,78)/b19-16-,20-17-,26-24-,27-25-,31-30-,35-34-,36-33-,43-40-,56-53+. The highest BCUT2D eigenvalue weighted by Gasteiger charge is 2.47. The molecule has 1 saturated heterocycles. The number of hydrogen-bond donors (Lipinski definition) is 6. The molecule has 0 radical (unpaired) electrons. The summed E-state index contributed by atoms with van der Waals surface area (Å²) in [7, 11) is 0. The number of nitrogens with one attached hydrogen (secondary N) is 1. The molecule has 0 aromatic rings. The van der Waals surface area contributed by atoms with Crippen molar-refractivity contribution in [1.29, 1.82) is 0 Å². The number of esters is 1. The smallest absolute Gasteiger partial charge is 0.306 e. The minimum atomic E-state index is -1.64. The van der Waals surface area contributed by atoms with E-state index in [0.29, 0.717) is 12.8 Å². The van der Waals surface area contributed by atoms with E-state index in [9.17, 15) is 35.1 Å². The van der Waals surface area contributed by atoms with Gasteiger partial charge in [-0.3, -0.25) is 9.59 Å². The van der Waals surface area contributed by atoms with Crippen LogP contribution in [0.3, 0.4) is 0 Å². The van der Waals surface area contributed by atoms with Crippen LogP contribution in [0.5, 0.6) is 0 Å². The second-order valence-electron chi connectivity index (χ2n) is 22.1. The van der Waals surface area contributed by atoms with Gasteiger partial charge < -0.3 is 45.1 Å². The minimum Gasteiger partial charge on any atom is -0.454 e. The van der Waals surface area contributed by atoms with E-state index in [2.05, 4.69) is 123 Å². The first-order valence-corrected chi connectivity index (χ1v) is 32.7. The van der Waals surface area contributed by atoms with Crippen molar-refractivity contribution in [2.24, 2.45) is 0 Å². The van der Waals surface area contributed by atoms with E-state index in [1.54, 1.807) is 6.08 Å². The molecule has 0 saturated carbocycles. The van der Waals surface area contributed by atoms with Crippen molar-refractivity contribution in [3.8, 4) is 0 Å². The van der Waals surface area contributed by atoms with E-state index in [-0.39, 0.29) is 19.4 Å². The average Bonchev–Trinajstić information content (AvgIpc) is 3.52. The Balaban J connectivity index is 2.67. The van der Waals surface area contributed by atoms with Gasteiger partial charge in [-0.2, -0.15) is 0 Å². The summed E-state index contributed by atoms with van der Waals surface area (Å²) in [6.45, 7) is 5.70. The SMILES string of the molecule is CCCCC/C=C\C/C=C\C/C=C\C/C=C\CCCCCCCCC(O)C(=O)NC(COC1OC(CO)C(O)C(O)C1OC(=O)CCCCC/C=C\C/C=C\C/C=C\C/C=C\CCCCC)C(O)/C=C/CCCCCCCCCCC. The van der Waals surface area contributed by atoms with Crippen LogP contribution < -0.4 is 5.32 Å². The van der Waals surface area contributed by atoms with Gasteiger partial charge in [-0.25, -0.2) is 0 Å². The van der Waals surface area contributed by atoms with Gasteiger partial charge in [0.2, 0.25) is 5.91 Å². The monoisotopic (exact) mass is 1130 g/mol. The fraction of sp³-hybridized carbons (Fsp3) is 0.714. The van der Waals surface area contributed by atoms with E-state index in [0.717, 1.165) is 122 Å². The first-order valence-electron chi connectivity index (χ1n) is 32.7. The maximum atomic E-state index is 13.4. The fourth-order valence-corrected chi connectivity index (χ4v) is 9.44. The van der Waals surface area contributed by atoms with Crippen LogP contribution in [0, 0.1) is 0 Å². The maximum absolute atomic E-state index is 13.4. The van der Waals surface area contributed by atoms with Crippen LogP contribution in [-0.2, 0) is 23.8 Å². The van der Waals surface area contributed by atoms with Crippen molar-refractivity contribution >= 4 is 11.9 Å². The second-order valence-corrected chi connectivity index (χ2v) is 22.1. The zero-order valence-electron chi connectivity index (χ0n) is 51.4. The van der Waals surface area contributed by atoms with Crippen LogP contribution in [0.15, 0.2) is 109 Å². The predicted octanol–water partition coefficient (Wildman–Crippen LogP) is 16.1. The van der Waals surface area contributed by atoms with Crippen molar-refractivity contribution < 1.29 is 49.3 Å². The number of amides is 1. The molecule has 0 spiro atoms. The molecule has 8 atom stereocenters. The van der Waals surface area contributed by atoms with Gasteiger partial charge in [0.05, 0.1) is 25.4 Å². The maximum Gasteiger partial charge on any atom is 0.306 e. The Morgan fingerprint density at radius 3 is 1.30 bits per heavy atom. The second kappa shape index (κ2) is 56.8. The van der Waals surface area contributed by atoms with E-state index in [4.69, 9.17) is 14.2 Å². The summed E-state index contributed by atoms with van der Waals surface area (Å²) in [4.78, 5) is 26.6. The summed E-state index contributed by atoms with van der Waals surface area (Å²) in [5, 5.41) is 57.0. The number of rotatable bonds is 54. The third-order valence-corrected chi connectivity index (χ3v) is 14.6. The average molecular weight is 1130 g/mol. The Labute approximate surface area is 494 Å². The molecule has 11 nitrogen and oxygen atoms in total. The zero-order valence-corrected chi connectivity index (χ0v) is 51.4. The molecule has 1 rings (SSSR count). The lowest BCUT2D eigenvalue weighted by molar-refractivity contribution is -0.305. The van der Waals surface area contributed by atoms with Crippen molar-refractivity contribution in [1.82, 2.24) is 5.32 Å². The summed E-state index contributed by atoms with van der Waals surface area (Å²) >= 11 is 0. The Morgan fingerprint density at radius 2 is 0.852 bits per heavy atom. The number of unbranched alkanes of at least 4 members (excludes halogenated alkanes) is 24. The van der Waals surface area contributed by atoms with Crippen molar-refractivity contribution in [3.63, 3.8) is 0 Å². The molecule has 1 aliphatic rings. The molecule has 0 aromatic heterocycles. The Hall–Kier alpha value is -3.68. The Bertz CT molecular complexity index is 1730. The van der Waals surface area contributed by atoms with Crippen molar-refractivity contribution in [2.45, 2.75) is 307 Å². The van der Waals surface area contributed by atoms with E-state index in [1.807, 2.05) is 6.08 Å². The summed E-state index contributed by atoms with van der Waals surface area (Å²) in [5.74, 6) is -1.24. The highest BCUT2D eigenvalue weighted by Crippen LogP contribution is 2.26. The number of ether oxygens (including phenoxy) is 3. The molecule has 464 valence electrons. The quantitative estimate of drug-likeness (QED) is 0.0195. The molecule has 1 aliphatic heterocycles. The number of hydrogen-bond acceptors (Lipinski definition) is 10. The molecule has 1 heterocycles. The summed E-state index contributed by atoms with van der Waals surface area (Å²) < 4.78 is 17.6. The summed E-state index contributed by atoms with van der Waals surface area (Å²) in [6, 6.07) is -1.04. The summed E-state index contributed by atoms with van der Waals surface area (Å²) in [5.41, 5.74) is 0. The number of carbonyl (C=O) groups is 2. The van der Waals surface area contributed by atoms with Crippen LogP contribution in [0.25, 0.3) is 0 Å². The van der Waals surface area contributed by atoms with Crippen LogP contribution in [0.1, 0.15) is 258 Å². The van der Waals surface area contributed by atoms with Gasteiger partial charge >= 0.3 is 5.97 Å². The first kappa shape index (κ1) is 75.3. The van der Waals surface area contributed by atoms with Gasteiger partial charge in [0.25, 0.3) is 0 Å². The largest absolute Gasteiger partial charge is 0.454 e. The van der Waals surface area contributed by atoms with Crippen LogP contribution in [0.4, 0.5) is 0 Å². The van der Waals surface area contributed by atoms with Crippen molar-refractivity contribution in [3.05, 3.63) is 109 Å². The highest BCUT2D eigenvalue weighted by atomic mass is 16.7. The molecule has 11 heteroatoms.